The summed E-state index contributed by atoms with van der Waals surface area (Å²) >= 11 is 3.30. The predicted molar refractivity (Wildman–Crippen MR) is 69.0 cm³/mol. The van der Waals surface area contributed by atoms with E-state index in [-0.39, 0.29) is 17.7 Å². The third-order valence-corrected chi connectivity index (χ3v) is 3.81. The van der Waals surface area contributed by atoms with Crippen LogP contribution in [0.2, 0.25) is 0 Å². The van der Waals surface area contributed by atoms with Gasteiger partial charge in [0.25, 0.3) is 0 Å². The van der Waals surface area contributed by atoms with E-state index in [1.807, 2.05) is 0 Å². The summed E-state index contributed by atoms with van der Waals surface area (Å²) in [6.07, 6.45) is 4.82. The maximum absolute atomic E-state index is 12.0. The van der Waals surface area contributed by atoms with E-state index in [9.17, 15) is 9.59 Å². The van der Waals surface area contributed by atoms with Crippen molar-refractivity contribution in [3.63, 3.8) is 0 Å². The number of nitrogens with one attached hydrogen (secondary N) is 1. The molecule has 6 heteroatoms. The lowest BCUT2D eigenvalue weighted by molar-refractivity contribution is -0.141. The zero-order valence-corrected chi connectivity index (χ0v) is 11.2. The van der Waals surface area contributed by atoms with Crippen LogP contribution in [0.1, 0.15) is 19.3 Å². The maximum Gasteiger partial charge on any atom is 0.306 e. The van der Waals surface area contributed by atoms with Crippen LogP contribution >= 0.6 is 15.9 Å². The number of nitrogens with zero attached hydrogens (tertiary/aromatic N) is 1. The highest BCUT2D eigenvalue weighted by molar-refractivity contribution is 9.10. The van der Waals surface area contributed by atoms with Gasteiger partial charge < -0.3 is 10.4 Å². The van der Waals surface area contributed by atoms with Crippen molar-refractivity contribution in [3.05, 3.63) is 22.9 Å². The number of amides is 1. The molecule has 1 amide bonds. The van der Waals surface area contributed by atoms with E-state index in [0.717, 1.165) is 0 Å². The van der Waals surface area contributed by atoms with Gasteiger partial charge in [0.2, 0.25) is 5.91 Å². The van der Waals surface area contributed by atoms with Crippen molar-refractivity contribution in [3.8, 4) is 0 Å². The molecular weight excluding hydrogens is 300 g/mol. The smallest absolute Gasteiger partial charge is 0.306 e. The average molecular weight is 313 g/mol. The van der Waals surface area contributed by atoms with Gasteiger partial charge in [-0.25, -0.2) is 0 Å². The van der Waals surface area contributed by atoms with E-state index in [4.69, 9.17) is 5.11 Å². The predicted octanol–water partition coefficient (Wildman–Crippen LogP) is 2.28. The minimum absolute atomic E-state index is 0.120. The van der Waals surface area contributed by atoms with Crippen molar-refractivity contribution in [2.75, 3.05) is 5.32 Å². The summed E-state index contributed by atoms with van der Waals surface area (Å²) in [5.41, 5.74) is 0.661. The van der Waals surface area contributed by atoms with E-state index in [1.54, 1.807) is 18.5 Å². The molecule has 0 radical (unpaired) electrons. The Labute approximate surface area is 113 Å². The third-order valence-electron chi connectivity index (χ3n) is 3.18. The van der Waals surface area contributed by atoms with Crippen molar-refractivity contribution in [1.82, 2.24) is 4.98 Å². The highest BCUT2D eigenvalue weighted by Gasteiger charge is 2.33. The number of halogens is 1. The Balaban J connectivity index is 1.98. The number of rotatable bonds is 3. The molecule has 0 spiro atoms. The number of aromatic nitrogens is 1. The number of carboxylic acids is 1. The first-order valence-electron chi connectivity index (χ1n) is 5.71. The minimum atomic E-state index is -0.810. The average Bonchev–Trinajstić information content (AvgIpc) is 2.81. The van der Waals surface area contributed by atoms with Gasteiger partial charge in [-0.1, -0.05) is 0 Å². The lowest BCUT2D eigenvalue weighted by Gasteiger charge is -2.11. The Morgan fingerprint density at radius 1 is 1.39 bits per heavy atom. The van der Waals surface area contributed by atoms with Gasteiger partial charge in [0.15, 0.2) is 0 Å². The molecule has 1 saturated carbocycles. The fourth-order valence-electron chi connectivity index (χ4n) is 2.16. The second-order valence-electron chi connectivity index (χ2n) is 4.39. The first-order valence-corrected chi connectivity index (χ1v) is 6.50. The number of hydrogen-bond donors (Lipinski definition) is 2. The fraction of sp³-hybridized carbons (Fsp3) is 0.417. The van der Waals surface area contributed by atoms with Crippen molar-refractivity contribution in [1.29, 1.82) is 0 Å². The standard InChI is InChI=1S/C12H13BrN2O3/c13-9-6-14-4-3-10(9)15-11(16)7-1-2-8(5-7)12(17)18/h3-4,6-8H,1-2,5H2,(H,17,18)(H,14,15,16). The zero-order chi connectivity index (χ0) is 13.1. The highest BCUT2D eigenvalue weighted by Crippen LogP contribution is 2.32. The summed E-state index contributed by atoms with van der Waals surface area (Å²) in [7, 11) is 0. The SMILES string of the molecule is O=C(O)C1CCC(C(=O)Nc2ccncc2Br)C1. The van der Waals surface area contributed by atoms with E-state index in [1.165, 1.54) is 0 Å². The van der Waals surface area contributed by atoms with Gasteiger partial charge >= 0.3 is 5.97 Å². The van der Waals surface area contributed by atoms with Crippen molar-refractivity contribution in [2.45, 2.75) is 19.3 Å². The summed E-state index contributed by atoms with van der Waals surface area (Å²) < 4.78 is 0.714. The summed E-state index contributed by atoms with van der Waals surface area (Å²) in [6.45, 7) is 0. The van der Waals surface area contributed by atoms with Gasteiger partial charge in [0, 0.05) is 18.3 Å². The number of carbonyl (C=O) groups is 2. The van der Waals surface area contributed by atoms with Crippen molar-refractivity contribution in [2.24, 2.45) is 11.8 Å². The largest absolute Gasteiger partial charge is 0.481 e. The van der Waals surface area contributed by atoms with Gasteiger partial charge in [0.05, 0.1) is 16.1 Å². The van der Waals surface area contributed by atoms with Gasteiger partial charge in [-0.15, -0.1) is 0 Å². The van der Waals surface area contributed by atoms with E-state index >= 15 is 0 Å². The summed E-state index contributed by atoms with van der Waals surface area (Å²) in [4.78, 5) is 26.7. The van der Waals surface area contributed by atoms with Crippen LogP contribution in [0.4, 0.5) is 5.69 Å². The van der Waals surface area contributed by atoms with Crippen LogP contribution in [0.15, 0.2) is 22.9 Å². The molecule has 0 bridgehead atoms. The molecule has 0 saturated heterocycles. The third kappa shape index (κ3) is 2.87. The molecule has 1 heterocycles. The van der Waals surface area contributed by atoms with Crippen LogP contribution in [-0.2, 0) is 9.59 Å². The molecule has 18 heavy (non-hydrogen) atoms. The number of aliphatic carboxylic acids is 1. The number of carboxylic acid groups (broad SMARTS) is 1. The highest BCUT2D eigenvalue weighted by atomic mass is 79.9. The van der Waals surface area contributed by atoms with Gasteiger partial charge in [0.1, 0.15) is 0 Å². The molecule has 0 aromatic carbocycles. The molecule has 2 atom stereocenters. The fourth-order valence-corrected chi connectivity index (χ4v) is 2.50. The quantitative estimate of drug-likeness (QED) is 0.897. The maximum atomic E-state index is 12.0. The lowest BCUT2D eigenvalue weighted by Crippen LogP contribution is -2.21. The molecule has 1 aliphatic rings. The van der Waals surface area contributed by atoms with Crippen LogP contribution in [0.25, 0.3) is 0 Å². The van der Waals surface area contributed by atoms with Crippen molar-refractivity contribution >= 4 is 33.5 Å². The zero-order valence-electron chi connectivity index (χ0n) is 9.60. The van der Waals surface area contributed by atoms with E-state index in [2.05, 4.69) is 26.2 Å². The molecule has 5 nitrogen and oxygen atoms in total. The second kappa shape index (κ2) is 5.48. The first-order chi connectivity index (χ1) is 8.58. The van der Waals surface area contributed by atoms with Crippen molar-refractivity contribution < 1.29 is 14.7 Å². The van der Waals surface area contributed by atoms with E-state index < -0.39 is 5.97 Å². The van der Waals surface area contributed by atoms with Gasteiger partial charge in [-0.2, -0.15) is 0 Å². The van der Waals surface area contributed by atoms with Crippen LogP contribution in [-0.4, -0.2) is 22.0 Å². The Morgan fingerprint density at radius 3 is 2.72 bits per heavy atom. The molecule has 0 aliphatic heterocycles. The van der Waals surface area contributed by atoms with Crippen LogP contribution in [0.5, 0.6) is 0 Å². The molecule has 1 aromatic heterocycles. The second-order valence-corrected chi connectivity index (χ2v) is 5.24. The topological polar surface area (TPSA) is 79.3 Å². The molecule has 1 aromatic rings. The van der Waals surface area contributed by atoms with Crippen LogP contribution in [0.3, 0.4) is 0 Å². The molecule has 1 fully saturated rings. The molecular formula is C12H13BrN2O3. The van der Waals surface area contributed by atoms with Crippen LogP contribution < -0.4 is 5.32 Å². The van der Waals surface area contributed by atoms with Gasteiger partial charge in [-0.05, 0) is 41.3 Å². The summed E-state index contributed by atoms with van der Waals surface area (Å²) in [5, 5.41) is 11.7. The first kappa shape index (κ1) is 13.0. The molecule has 1 aliphatic carbocycles. The number of anilines is 1. The summed E-state index contributed by atoms with van der Waals surface area (Å²) in [6, 6.07) is 1.70. The Hall–Kier alpha value is -1.43. The molecule has 2 N–H and O–H groups in total. The van der Waals surface area contributed by atoms with Gasteiger partial charge in [-0.3, -0.25) is 14.6 Å². The normalized spacial score (nSPS) is 22.7. The Kier molecular flexibility index (Phi) is 3.96. The number of pyridine rings is 1. The Morgan fingerprint density at radius 2 is 2.11 bits per heavy atom. The van der Waals surface area contributed by atoms with E-state index in [0.29, 0.717) is 29.4 Å². The van der Waals surface area contributed by atoms with Crippen LogP contribution in [0, 0.1) is 11.8 Å². The summed E-state index contributed by atoms with van der Waals surface area (Å²) in [5.74, 6) is -1.53. The number of carbonyl (C=O) groups excluding carboxylic acids is 1. The minimum Gasteiger partial charge on any atom is -0.481 e. The Bertz CT molecular complexity index is 478. The molecule has 96 valence electrons. The lowest BCUT2D eigenvalue weighted by atomic mass is 10.0. The monoisotopic (exact) mass is 312 g/mol. The molecule has 2 unspecified atom stereocenters. The molecule has 2 rings (SSSR count). The number of hydrogen-bond acceptors (Lipinski definition) is 3.